The van der Waals surface area contributed by atoms with Gasteiger partial charge < -0.3 is 15.0 Å². The first-order chi connectivity index (χ1) is 9.97. The van der Waals surface area contributed by atoms with E-state index in [0.29, 0.717) is 18.7 Å². The van der Waals surface area contributed by atoms with Gasteiger partial charge in [-0.1, -0.05) is 12.2 Å². The van der Waals surface area contributed by atoms with Gasteiger partial charge in [-0.15, -0.1) is 10.2 Å². The average Bonchev–Trinajstić information content (AvgIpc) is 2.94. The molecule has 0 spiro atoms. The van der Waals surface area contributed by atoms with Crippen LogP contribution in [0.2, 0.25) is 0 Å². The molecule has 1 aromatic rings. The van der Waals surface area contributed by atoms with Gasteiger partial charge in [0.15, 0.2) is 5.82 Å². The highest BCUT2D eigenvalue weighted by Crippen LogP contribution is 2.33. The van der Waals surface area contributed by atoms with Crippen molar-refractivity contribution in [3.63, 3.8) is 0 Å². The molecule has 0 radical (unpaired) electrons. The number of hydrogen-bond acceptors (Lipinski definition) is 4. The first kappa shape index (κ1) is 15.2. The molecule has 7 nitrogen and oxygen atoms in total. The Morgan fingerprint density at radius 1 is 1.48 bits per heavy atom. The second-order valence-corrected chi connectivity index (χ2v) is 5.53. The number of allylic oxidation sites excluding steroid dienone is 2. The van der Waals surface area contributed by atoms with Gasteiger partial charge in [0, 0.05) is 6.04 Å². The van der Waals surface area contributed by atoms with Crippen LogP contribution in [-0.4, -0.2) is 31.7 Å². The number of hydrogen-bond donors (Lipinski definition) is 2. The van der Waals surface area contributed by atoms with Crippen LogP contribution in [0.4, 0.5) is 0 Å². The van der Waals surface area contributed by atoms with E-state index in [9.17, 15) is 14.7 Å². The fourth-order valence-corrected chi connectivity index (χ4v) is 2.48. The Hall–Kier alpha value is -2.18. The van der Waals surface area contributed by atoms with E-state index in [1.807, 2.05) is 24.5 Å². The molecule has 1 aromatic heterocycles. The van der Waals surface area contributed by atoms with Crippen molar-refractivity contribution in [3.8, 4) is 0 Å². The van der Waals surface area contributed by atoms with Crippen LogP contribution in [-0.2, 0) is 16.1 Å². The van der Waals surface area contributed by atoms with Gasteiger partial charge >= 0.3 is 5.97 Å². The maximum Gasteiger partial charge on any atom is 0.319 e. The fourth-order valence-electron chi connectivity index (χ4n) is 2.48. The lowest BCUT2D eigenvalue weighted by Crippen LogP contribution is -2.47. The lowest BCUT2D eigenvalue weighted by molar-refractivity contribution is -0.156. The smallest absolute Gasteiger partial charge is 0.319 e. The maximum absolute atomic E-state index is 12.4. The Labute approximate surface area is 123 Å². The van der Waals surface area contributed by atoms with Crippen molar-refractivity contribution in [3.05, 3.63) is 24.3 Å². The zero-order chi connectivity index (χ0) is 15.5. The topological polar surface area (TPSA) is 97.1 Å². The van der Waals surface area contributed by atoms with Crippen molar-refractivity contribution < 1.29 is 14.7 Å². The minimum absolute atomic E-state index is 0.176. The summed E-state index contributed by atoms with van der Waals surface area (Å²) in [5.74, 6) is -0.919. The molecule has 0 saturated heterocycles. The molecule has 1 unspecified atom stereocenters. The Morgan fingerprint density at radius 3 is 2.81 bits per heavy atom. The Kier molecular flexibility index (Phi) is 4.40. The van der Waals surface area contributed by atoms with E-state index >= 15 is 0 Å². The summed E-state index contributed by atoms with van der Waals surface area (Å²) in [5, 5.41) is 19.9. The average molecular weight is 292 g/mol. The zero-order valence-electron chi connectivity index (χ0n) is 12.2. The van der Waals surface area contributed by atoms with Gasteiger partial charge in [0.05, 0.1) is 6.54 Å². The second kappa shape index (κ2) is 6.07. The fraction of sp³-hybridized carbons (Fsp3) is 0.571. The van der Waals surface area contributed by atoms with Crippen LogP contribution in [0.25, 0.3) is 0 Å². The standard InChI is InChI=1S/C14H20N4O3/c1-10(2)18-9-16-17-11(18)8-15-12(19)14(13(20)21)6-4-3-5-7-14/h3-4,9-10H,5-8H2,1-2H3,(H,15,19)(H,20,21). The highest BCUT2D eigenvalue weighted by atomic mass is 16.4. The number of aliphatic carboxylic acids is 1. The third-order valence-corrected chi connectivity index (χ3v) is 3.83. The Morgan fingerprint density at radius 2 is 2.24 bits per heavy atom. The number of amides is 1. The molecule has 1 heterocycles. The summed E-state index contributed by atoms with van der Waals surface area (Å²) >= 11 is 0. The SMILES string of the molecule is CC(C)n1cnnc1CNC(=O)C1(C(=O)O)CC=CCC1. The normalized spacial score (nSPS) is 21.5. The Bertz CT molecular complexity index is 564. The molecule has 2 rings (SSSR count). The molecule has 1 aliphatic rings. The van der Waals surface area contributed by atoms with Crippen LogP contribution < -0.4 is 5.32 Å². The summed E-state index contributed by atoms with van der Waals surface area (Å²) < 4.78 is 1.84. The van der Waals surface area contributed by atoms with Crippen LogP contribution in [0.15, 0.2) is 18.5 Å². The molecule has 1 aliphatic carbocycles. The molecule has 0 aliphatic heterocycles. The molecule has 21 heavy (non-hydrogen) atoms. The van der Waals surface area contributed by atoms with E-state index in [1.165, 1.54) is 0 Å². The van der Waals surface area contributed by atoms with Crippen molar-refractivity contribution in [1.82, 2.24) is 20.1 Å². The summed E-state index contributed by atoms with van der Waals surface area (Å²) in [6, 6.07) is 0.179. The van der Waals surface area contributed by atoms with Crippen LogP contribution in [0, 0.1) is 5.41 Å². The van der Waals surface area contributed by atoms with Crippen molar-refractivity contribution in [1.29, 1.82) is 0 Å². The first-order valence-electron chi connectivity index (χ1n) is 7.02. The lowest BCUT2D eigenvalue weighted by Gasteiger charge is -2.28. The number of carboxylic acids is 1. The number of nitrogens with zero attached hydrogens (tertiary/aromatic N) is 3. The summed E-state index contributed by atoms with van der Waals surface area (Å²) in [5.41, 5.74) is -1.36. The van der Waals surface area contributed by atoms with Crippen LogP contribution in [0.5, 0.6) is 0 Å². The minimum atomic E-state index is -1.36. The van der Waals surface area contributed by atoms with Gasteiger partial charge in [0.1, 0.15) is 11.7 Å². The monoisotopic (exact) mass is 292 g/mol. The van der Waals surface area contributed by atoms with E-state index in [2.05, 4.69) is 15.5 Å². The zero-order valence-corrected chi connectivity index (χ0v) is 12.2. The van der Waals surface area contributed by atoms with Crippen LogP contribution in [0.1, 0.15) is 45.0 Å². The van der Waals surface area contributed by atoms with E-state index in [1.54, 1.807) is 12.4 Å². The van der Waals surface area contributed by atoms with Gasteiger partial charge in [-0.2, -0.15) is 0 Å². The second-order valence-electron chi connectivity index (χ2n) is 5.53. The van der Waals surface area contributed by atoms with E-state index in [0.717, 1.165) is 0 Å². The third kappa shape index (κ3) is 2.96. The largest absolute Gasteiger partial charge is 0.480 e. The molecule has 7 heteroatoms. The predicted molar refractivity (Wildman–Crippen MR) is 75.3 cm³/mol. The molecular weight excluding hydrogens is 272 g/mol. The van der Waals surface area contributed by atoms with Crippen molar-refractivity contribution in [2.24, 2.45) is 5.41 Å². The number of carbonyl (C=O) groups excluding carboxylic acids is 1. The molecule has 0 aromatic carbocycles. The molecule has 0 bridgehead atoms. The number of nitrogens with one attached hydrogen (secondary N) is 1. The maximum atomic E-state index is 12.4. The minimum Gasteiger partial charge on any atom is -0.480 e. The number of carboxylic acid groups (broad SMARTS) is 1. The predicted octanol–water partition coefficient (Wildman–Crippen LogP) is 1.29. The first-order valence-corrected chi connectivity index (χ1v) is 7.02. The molecule has 1 atom stereocenters. The van der Waals surface area contributed by atoms with Gasteiger partial charge in [-0.25, -0.2) is 0 Å². The van der Waals surface area contributed by atoms with Crippen molar-refractivity contribution in [2.75, 3.05) is 0 Å². The van der Waals surface area contributed by atoms with Crippen LogP contribution in [0.3, 0.4) is 0 Å². The summed E-state index contributed by atoms with van der Waals surface area (Å²) in [6.45, 7) is 4.15. The Balaban J connectivity index is 2.08. The van der Waals surface area contributed by atoms with Gasteiger partial charge in [-0.05, 0) is 33.1 Å². The van der Waals surface area contributed by atoms with Gasteiger partial charge in [0.2, 0.25) is 5.91 Å². The van der Waals surface area contributed by atoms with E-state index < -0.39 is 17.3 Å². The summed E-state index contributed by atoms with van der Waals surface area (Å²) in [7, 11) is 0. The molecule has 0 fully saturated rings. The molecule has 1 amide bonds. The summed E-state index contributed by atoms with van der Waals surface area (Å²) in [6.07, 6.45) is 6.41. The molecule has 114 valence electrons. The number of aromatic nitrogens is 3. The van der Waals surface area contributed by atoms with E-state index in [4.69, 9.17) is 0 Å². The van der Waals surface area contributed by atoms with Gasteiger partial charge in [-0.3, -0.25) is 9.59 Å². The van der Waals surface area contributed by atoms with Crippen LogP contribution >= 0.6 is 0 Å². The number of carbonyl (C=O) groups is 2. The highest BCUT2D eigenvalue weighted by molar-refractivity contribution is 6.02. The number of rotatable bonds is 5. The molecular formula is C14H20N4O3. The quantitative estimate of drug-likeness (QED) is 0.629. The molecule has 0 saturated carbocycles. The van der Waals surface area contributed by atoms with Crippen molar-refractivity contribution in [2.45, 2.75) is 45.7 Å². The lowest BCUT2D eigenvalue weighted by atomic mass is 9.76. The van der Waals surface area contributed by atoms with E-state index in [-0.39, 0.29) is 19.0 Å². The van der Waals surface area contributed by atoms with Gasteiger partial charge in [0.25, 0.3) is 0 Å². The highest BCUT2D eigenvalue weighted by Gasteiger charge is 2.45. The summed E-state index contributed by atoms with van der Waals surface area (Å²) in [4.78, 5) is 23.9. The third-order valence-electron chi connectivity index (χ3n) is 3.83. The van der Waals surface area contributed by atoms with Crippen molar-refractivity contribution >= 4 is 11.9 Å². The molecule has 2 N–H and O–H groups in total.